The molecule has 0 spiro atoms. The number of carboxylic acid groups (broad SMARTS) is 1. The lowest BCUT2D eigenvalue weighted by molar-refractivity contribution is -0.141. The molecule has 0 fully saturated rings. The van der Waals surface area contributed by atoms with Crippen molar-refractivity contribution >= 4 is 23.4 Å². The molecule has 2 aromatic carbocycles. The highest BCUT2D eigenvalue weighted by molar-refractivity contribution is 6.33. The predicted molar refractivity (Wildman–Crippen MR) is 82.6 cm³/mol. The van der Waals surface area contributed by atoms with E-state index in [0.717, 1.165) is 11.1 Å². The van der Waals surface area contributed by atoms with Crippen LogP contribution in [0.4, 0.5) is 0 Å². The summed E-state index contributed by atoms with van der Waals surface area (Å²) in [6.45, 7) is 1.53. The van der Waals surface area contributed by atoms with Crippen molar-refractivity contribution < 1.29 is 14.7 Å². The van der Waals surface area contributed by atoms with Gasteiger partial charge in [-0.1, -0.05) is 54.9 Å². The van der Waals surface area contributed by atoms with Gasteiger partial charge in [0.05, 0.1) is 5.92 Å². The SMILES string of the molecule is CC(CC(=O)c1cccc(-c2ccccc2Cl)c1)C(=O)O. The molecular weight excluding hydrogens is 288 g/mol. The summed E-state index contributed by atoms with van der Waals surface area (Å²) < 4.78 is 0. The lowest BCUT2D eigenvalue weighted by atomic mass is 9.96. The summed E-state index contributed by atoms with van der Waals surface area (Å²) in [6, 6.07) is 14.5. The van der Waals surface area contributed by atoms with E-state index in [1.165, 1.54) is 6.92 Å². The maximum atomic E-state index is 12.1. The Bertz CT molecular complexity index is 679. The summed E-state index contributed by atoms with van der Waals surface area (Å²) >= 11 is 6.15. The number of halogens is 1. The molecule has 1 unspecified atom stereocenters. The molecule has 4 heteroatoms. The molecule has 108 valence electrons. The molecule has 2 aromatic rings. The van der Waals surface area contributed by atoms with Crippen molar-refractivity contribution in [2.45, 2.75) is 13.3 Å². The van der Waals surface area contributed by atoms with E-state index >= 15 is 0 Å². The minimum atomic E-state index is -0.967. The normalized spacial score (nSPS) is 11.9. The largest absolute Gasteiger partial charge is 0.481 e. The zero-order chi connectivity index (χ0) is 15.4. The van der Waals surface area contributed by atoms with E-state index in [0.29, 0.717) is 10.6 Å². The Morgan fingerprint density at radius 1 is 1.14 bits per heavy atom. The molecule has 0 aromatic heterocycles. The monoisotopic (exact) mass is 302 g/mol. The second-order valence-electron chi connectivity index (χ2n) is 4.93. The van der Waals surface area contributed by atoms with Crippen LogP contribution in [0.2, 0.25) is 5.02 Å². The first-order valence-corrected chi connectivity index (χ1v) is 6.98. The number of carbonyl (C=O) groups is 2. The Labute approximate surface area is 128 Å². The highest BCUT2D eigenvalue weighted by Gasteiger charge is 2.17. The number of ketones is 1. The van der Waals surface area contributed by atoms with Crippen molar-refractivity contribution in [1.29, 1.82) is 0 Å². The summed E-state index contributed by atoms with van der Waals surface area (Å²) in [4.78, 5) is 23.0. The second kappa shape index (κ2) is 6.55. The van der Waals surface area contributed by atoms with Gasteiger partial charge < -0.3 is 5.11 Å². The van der Waals surface area contributed by atoms with Crippen LogP contribution in [0.5, 0.6) is 0 Å². The third-order valence-electron chi connectivity index (χ3n) is 3.28. The minimum absolute atomic E-state index is 0.0126. The van der Waals surface area contributed by atoms with E-state index in [1.807, 2.05) is 24.3 Å². The van der Waals surface area contributed by atoms with Gasteiger partial charge in [0, 0.05) is 22.6 Å². The van der Waals surface area contributed by atoms with Crippen molar-refractivity contribution in [3.8, 4) is 11.1 Å². The van der Waals surface area contributed by atoms with Gasteiger partial charge in [0.25, 0.3) is 0 Å². The fourth-order valence-electron chi connectivity index (χ4n) is 2.04. The topological polar surface area (TPSA) is 54.4 Å². The zero-order valence-electron chi connectivity index (χ0n) is 11.5. The fourth-order valence-corrected chi connectivity index (χ4v) is 2.28. The van der Waals surface area contributed by atoms with E-state index < -0.39 is 11.9 Å². The molecule has 0 heterocycles. The average molecular weight is 303 g/mol. The average Bonchev–Trinajstić information content (AvgIpc) is 2.47. The van der Waals surface area contributed by atoms with Crippen LogP contribution >= 0.6 is 11.6 Å². The van der Waals surface area contributed by atoms with Crippen LogP contribution in [0, 0.1) is 5.92 Å². The van der Waals surface area contributed by atoms with Crippen LogP contribution in [0.3, 0.4) is 0 Å². The number of rotatable bonds is 5. The van der Waals surface area contributed by atoms with Crippen molar-refractivity contribution in [3.63, 3.8) is 0 Å². The van der Waals surface area contributed by atoms with Crippen molar-refractivity contribution in [3.05, 3.63) is 59.1 Å². The molecule has 0 amide bonds. The van der Waals surface area contributed by atoms with Crippen LogP contribution < -0.4 is 0 Å². The Morgan fingerprint density at radius 2 is 1.86 bits per heavy atom. The molecule has 0 aliphatic heterocycles. The third-order valence-corrected chi connectivity index (χ3v) is 3.61. The molecule has 0 saturated heterocycles. The molecule has 0 aliphatic carbocycles. The maximum Gasteiger partial charge on any atom is 0.306 e. The number of aliphatic carboxylic acids is 1. The number of carbonyl (C=O) groups excluding carboxylic acids is 1. The Morgan fingerprint density at radius 3 is 2.52 bits per heavy atom. The van der Waals surface area contributed by atoms with Gasteiger partial charge in [-0.25, -0.2) is 0 Å². The molecule has 1 N–H and O–H groups in total. The number of benzene rings is 2. The van der Waals surface area contributed by atoms with E-state index in [9.17, 15) is 9.59 Å². The van der Waals surface area contributed by atoms with Gasteiger partial charge >= 0.3 is 5.97 Å². The molecular formula is C17H15ClO3. The number of hydrogen-bond acceptors (Lipinski definition) is 2. The lowest BCUT2D eigenvalue weighted by Gasteiger charge is -2.08. The van der Waals surface area contributed by atoms with Crippen LogP contribution in [-0.4, -0.2) is 16.9 Å². The first-order chi connectivity index (χ1) is 9.99. The molecule has 0 bridgehead atoms. The Balaban J connectivity index is 2.28. The van der Waals surface area contributed by atoms with Gasteiger partial charge in [0.1, 0.15) is 0 Å². The van der Waals surface area contributed by atoms with Crippen molar-refractivity contribution in [1.82, 2.24) is 0 Å². The molecule has 2 rings (SSSR count). The quantitative estimate of drug-likeness (QED) is 0.838. The molecule has 0 saturated carbocycles. The van der Waals surface area contributed by atoms with E-state index in [4.69, 9.17) is 16.7 Å². The van der Waals surface area contributed by atoms with Gasteiger partial charge in [0.2, 0.25) is 0 Å². The molecule has 0 radical (unpaired) electrons. The lowest BCUT2D eigenvalue weighted by Crippen LogP contribution is -2.14. The maximum absolute atomic E-state index is 12.1. The van der Waals surface area contributed by atoms with Crippen LogP contribution in [0.1, 0.15) is 23.7 Å². The molecule has 0 aliphatic rings. The van der Waals surface area contributed by atoms with Gasteiger partial charge in [-0.3, -0.25) is 9.59 Å². The smallest absolute Gasteiger partial charge is 0.306 e. The van der Waals surface area contributed by atoms with Crippen molar-refractivity contribution in [2.24, 2.45) is 5.92 Å². The van der Waals surface area contributed by atoms with Gasteiger partial charge in [0.15, 0.2) is 5.78 Å². The highest BCUT2D eigenvalue weighted by atomic mass is 35.5. The van der Waals surface area contributed by atoms with E-state index in [1.54, 1.807) is 24.3 Å². The number of carboxylic acids is 1. The predicted octanol–water partition coefficient (Wildman–Crippen LogP) is 4.30. The molecule has 1 atom stereocenters. The summed E-state index contributed by atoms with van der Waals surface area (Å²) in [5, 5.41) is 9.49. The van der Waals surface area contributed by atoms with Gasteiger partial charge in [-0.15, -0.1) is 0 Å². The standard InChI is InChI=1S/C17H15ClO3/c1-11(17(20)21)9-16(19)13-6-4-5-12(10-13)14-7-2-3-8-15(14)18/h2-8,10-11H,9H2,1H3,(H,20,21). The highest BCUT2D eigenvalue weighted by Crippen LogP contribution is 2.28. The first-order valence-electron chi connectivity index (χ1n) is 6.60. The summed E-state index contributed by atoms with van der Waals surface area (Å²) in [5.41, 5.74) is 2.19. The fraction of sp³-hybridized carbons (Fsp3) is 0.176. The zero-order valence-corrected chi connectivity index (χ0v) is 12.3. The molecule has 3 nitrogen and oxygen atoms in total. The molecule has 21 heavy (non-hydrogen) atoms. The van der Waals surface area contributed by atoms with Crippen LogP contribution in [-0.2, 0) is 4.79 Å². The van der Waals surface area contributed by atoms with Crippen molar-refractivity contribution in [2.75, 3.05) is 0 Å². The van der Waals surface area contributed by atoms with Gasteiger partial charge in [-0.05, 0) is 17.7 Å². The van der Waals surface area contributed by atoms with E-state index in [2.05, 4.69) is 0 Å². The minimum Gasteiger partial charge on any atom is -0.481 e. The Kier molecular flexibility index (Phi) is 4.76. The summed E-state index contributed by atoms with van der Waals surface area (Å²) in [7, 11) is 0. The van der Waals surface area contributed by atoms with E-state index in [-0.39, 0.29) is 12.2 Å². The van der Waals surface area contributed by atoms with Crippen LogP contribution in [0.15, 0.2) is 48.5 Å². The van der Waals surface area contributed by atoms with Crippen LogP contribution in [0.25, 0.3) is 11.1 Å². The van der Waals surface area contributed by atoms with Gasteiger partial charge in [-0.2, -0.15) is 0 Å². The summed E-state index contributed by atoms with van der Waals surface area (Å²) in [6.07, 6.45) is -0.0126. The first kappa shape index (κ1) is 15.3. The number of hydrogen-bond donors (Lipinski definition) is 1. The Hall–Kier alpha value is -2.13. The number of Topliss-reactive ketones (excluding diaryl/α,β-unsaturated/α-hetero) is 1. The summed E-state index contributed by atoms with van der Waals surface area (Å²) in [5.74, 6) is -1.84. The third kappa shape index (κ3) is 3.70. The second-order valence-corrected chi connectivity index (χ2v) is 5.33.